The van der Waals surface area contributed by atoms with Crippen LogP contribution in [0.5, 0.6) is 0 Å². The smallest absolute Gasteiger partial charge is 0.399 e. The lowest BCUT2D eigenvalue weighted by Crippen LogP contribution is -2.41. The van der Waals surface area contributed by atoms with Gasteiger partial charge in [-0.3, -0.25) is 0 Å². The zero-order valence-corrected chi connectivity index (χ0v) is 69.4. The summed E-state index contributed by atoms with van der Waals surface area (Å²) in [7, 11) is -0.398. The summed E-state index contributed by atoms with van der Waals surface area (Å²) >= 11 is 5.99. The molecular formula is C113H86BClN8O2. The normalized spacial score (nSPS) is 12.9. The Morgan fingerprint density at radius 2 is 0.432 bits per heavy atom. The average molecular weight is 1640 g/mol. The quantitative estimate of drug-likeness (QED) is 0.0880. The number of fused-ring (bicyclic) bond motifs is 12. The van der Waals surface area contributed by atoms with Gasteiger partial charge in [0, 0.05) is 63.7 Å². The van der Waals surface area contributed by atoms with E-state index in [4.69, 9.17) is 38.8 Å². The van der Waals surface area contributed by atoms with Crippen molar-refractivity contribution in [2.24, 2.45) is 0 Å². The Bertz CT molecular complexity index is 7560. The van der Waals surface area contributed by atoms with Crippen LogP contribution in [-0.4, -0.2) is 57.4 Å². The molecule has 1 aliphatic rings. The van der Waals surface area contributed by atoms with Gasteiger partial charge in [-0.05, 0) is 181 Å². The first-order valence-electron chi connectivity index (χ1n) is 42.9. The summed E-state index contributed by atoms with van der Waals surface area (Å²) in [5.74, 6) is 3.10. The molecule has 0 amide bonds. The number of halogens is 1. The van der Waals surface area contributed by atoms with Crippen LogP contribution >= 0.6 is 11.6 Å². The number of hydrogen-bond acceptors (Lipinski definition) is 8. The number of aromatic nitrogens is 8. The molecule has 1 saturated heterocycles. The predicted octanol–water partition coefficient (Wildman–Crippen LogP) is 29.1. The Morgan fingerprint density at radius 3 is 0.704 bits per heavy atom. The molecule has 0 unspecified atom stereocenters. The van der Waals surface area contributed by atoms with Crippen molar-refractivity contribution in [2.45, 2.75) is 46.3 Å². The zero-order chi connectivity index (χ0) is 85.4. The Kier molecular flexibility index (Phi) is 20.4. The van der Waals surface area contributed by atoms with E-state index in [1.54, 1.807) is 0 Å². The molecule has 600 valence electrons. The van der Waals surface area contributed by atoms with Crippen LogP contribution in [0.4, 0.5) is 0 Å². The summed E-state index contributed by atoms with van der Waals surface area (Å²) < 4.78 is 27.5. The first kappa shape index (κ1) is 77.2. The van der Waals surface area contributed by atoms with Crippen molar-refractivity contribution in [3.05, 3.63) is 418 Å². The number of nitrogens with zero attached hydrogens (tertiary/aromatic N) is 8. The third kappa shape index (κ3) is 14.6. The molecule has 22 aromatic rings. The van der Waals surface area contributed by atoms with Crippen molar-refractivity contribution in [1.82, 2.24) is 39.0 Å². The number of rotatable bonds is 12. The lowest BCUT2D eigenvalue weighted by atomic mass is 9.78. The van der Waals surface area contributed by atoms with Gasteiger partial charge in [0.2, 0.25) is 5.28 Å². The molecule has 0 bridgehead atoms. The van der Waals surface area contributed by atoms with E-state index in [1.165, 1.54) is 120 Å². The summed E-state index contributed by atoms with van der Waals surface area (Å²) in [5, 5.41) is 15.1. The van der Waals surface area contributed by atoms with Crippen LogP contribution in [0.2, 0.25) is 5.28 Å². The van der Waals surface area contributed by atoms with E-state index in [0.717, 1.165) is 55.8 Å². The highest BCUT2D eigenvalue weighted by Crippen LogP contribution is 2.49. The van der Waals surface area contributed by atoms with E-state index in [9.17, 15) is 0 Å². The third-order valence-corrected chi connectivity index (χ3v) is 24.6. The summed E-state index contributed by atoms with van der Waals surface area (Å²) in [6.07, 6.45) is 0. The molecule has 18 aromatic carbocycles. The molecule has 5 heterocycles. The maximum absolute atomic E-state index is 6.39. The van der Waals surface area contributed by atoms with E-state index >= 15 is 0 Å². The van der Waals surface area contributed by atoms with Crippen molar-refractivity contribution < 1.29 is 12.3 Å². The summed E-state index contributed by atoms with van der Waals surface area (Å²) in [6.45, 7) is 8.39. The monoisotopic (exact) mass is 1630 g/mol. The molecule has 1 aliphatic heterocycles. The first-order valence-corrected chi connectivity index (χ1v) is 42.3. The van der Waals surface area contributed by atoms with Gasteiger partial charge in [-0.1, -0.05) is 371 Å². The van der Waals surface area contributed by atoms with Crippen molar-refractivity contribution in [2.75, 3.05) is 0 Å². The third-order valence-electron chi connectivity index (χ3n) is 24.4. The van der Waals surface area contributed by atoms with Gasteiger partial charge in [-0.25, -0.2) is 19.9 Å². The highest BCUT2D eigenvalue weighted by molar-refractivity contribution is 6.62. The fourth-order valence-corrected chi connectivity index (χ4v) is 17.9. The van der Waals surface area contributed by atoms with Crippen molar-refractivity contribution >= 4 is 111 Å². The molecular weight excluding hydrogens is 1550 g/mol. The molecule has 125 heavy (non-hydrogen) atoms. The average Bonchev–Trinajstić information content (AvgIpc) is 1.38. The minimum atomic E-state index is -0.398. The SMILES string of the molecule is C.CC1(C)OB(c2ccc(-c3c(-c4ccc(-n5c6ccccc6c6ccccc65)cc4)c4ccccc4c4ccccc34)cc2)OC1(C)C.Clc1nc(-c2ccccc2)nc(-c2ccccc2)n1.[2H][2H].c1ccc(-c2nc(-c3ccccc3)nc(-c3ccc(-c4c(-c5ccc(-n6c7ccccc7c7ccccc76)cc5)c5ccccc5c5ccccc45)cc3)n2)cc1. The number of benzene rings is 18. The molecule has 0 saturated carbocycles. The highest BCUT2D eigenvalue weighted by Gasteiger charge is 2.51. The van der Waals surface area contributed by atoms with Crippen molar-refractivity contribution in [3.8, 4) is 113 Å². The van der Waals surface area contributed by atoms with Gasteiger partial charge in [0.05, 0.1) is 33.3 Å². The van der Waals surface area contributed by atoms with Crippen LogP contribution < -0.4 is 5.46 Å². The van der Waals surface area contributed by atoms with Gasteiger partial charge in [0.15, 0.2) is 29.1 Å². The molecule has 1 fully saturated rings. The largest absolute Gasteiger partial charge is 0.494 e. The summed E-state index contributed by atoms with van der Waals surface area (Å²) in [6, 6.07) is 145. The second kappa shape index (κ2) is 33.0. The minimum Gasteiger partial charge on any atom is -0.399 e. The fraction of sp³-hybridized carbons (Fsp3) is 0.0619. The van der Waals surface area contributed by atoms with E-state index in [1.807, 2.05) is 121 Å². The molecule has 0 spiro atoms. The van der Waals surface area contributed by atoms with E-state index in [0.29, 0.717) is 29.1 Å². The second-order valence-electron chi connectivity index (χ2n) is 32.3. The minimum absolute atomic E-state index is 0. The van der Waals surface area contributed by atoms with Crippen LogP contribution in [0.25, 0.3) is 200 Å². The van der Waals surface area contributed by atoms with Gasteiger partial charge in [-0.15, -0.1) is 0 Å². The lowest BCUT2D eigenvalue weighted by Gasteiger charge is -2.32. The van der Waals surface area contributed by atoms with Gasteiger partial charge in [-0.2, -0.15) is 9.97 Å². The van der Waals surface area contributed by atoms with Crippen molar-refractivity contribution in [1.29, 1.82) is 0 Å². The van der Waals surface area contributed by atoms with Crippen LogP contribution in [0.1, 0.15) is 38.1 Å². The Balaban J connectivity index is 0.000000135. The lowest BCUT2D eigenvalue weighted by molar-refractivity contribution is 0.00578. The topological polar surface area (TPSA) is 106 Å². The van der Waals surface area contributed by atoms with Crippen LogP contribution in [0.15, 0.2) is 413 Å². The van der Waals surface area contributed by atoms with Gasteiger partial charge in [0.1, 0.15) is 0 Å². The molecule has 0 aliphatic carbocycles. The van der Waals surface area contributed by atoms with E-state index in [-0.39, 0.29) is 23.9 Å². The van der Waals surface area contributed by atoms with Crippen LogP contribution in [0, 0.1) is 0 Å². The molecule has 12 heteroatoms. The fourth-order valence-electron chi connectivity index (χ4n) is 17.7. The molecule has 4 aromatic heterocycles. The maximum atomic E-state index is 6.39. The molecule has 0 atom stereocenters. The van der Waals surface area contributed by atoms with Gasteiger partial charge >= 0.3 is 7.12 Å². The van der Waals surface area contributed by atoms with E-state index in [2.05, 4.69) is 343 Å². The Labute approximate surface area is 734 Å². The maximum Gasteiger partial charge on any atom is 0.494 e. The first-order chi connectivity index (χ1) is 61.9. The number of para-hydroxylation sites is 4. The van der Waals surface area contributed by atoms with E-state index < -0.39 is 7.12 Å². The molecule has 23 rings (SSSR count). The van der Waals surface area contributed by atoms with Crippen LogP contribution in [0.3, 0.4) is 0 Å². The molecule has 0 radical (unpaired) electrons. The Morgan fingerprint density at radius 1 is 0.232 bits per heavy atom. The highest BCUT2D eigenvalue weighted by atomic mass is 35.5. The van der Waals surface area contributed by atoms with Crippen LogP contribution in [-0.2, 0) is 9.31 Å². The summed E-state index contributed by atoms with van der Waals surface area (Å²) in [5.41, 5.74) is 21.6. The standard InChI is InChI=1S/C53H34N4.C44H36BNO2.C15H10ClN3.CH4.H2/c1-3-15-37(16-4-1)51-54-52(38-17-5-2-6-18-38)56-53(55-51)39-29-27-35(28-30-39)49-45-23-9-7-19-41(45)42-20-8-10-24-46(42)50(49)36-31-33-40(34-32-36)57-47-25-13-11-21-43(47)44-22-12-14-26-48(44)57;1-43(2)44(3,4)48-45(47-43)31-25-21-29(22-26-31)41-37-17-7-5-13-33(37)34-14-6-8-18-38(34)42(41)30-23-27-32(28-24-30)46-39-19-11-9-15-35(39)36-16-10-12-20-40(36)46;16-15-18-13(11-7-3-1-4-8-11)17-14(19-15)12-9-5-2-6-10-12;;/h1-34H;5-28H,1-4H3;1-10H;1H4;1H/i;;;;1+1D. The number of hydrogen-bond donors (Lipinski definition) is 0. The Hall–Kier alpha value is -15.1. The molecule has 10 nitrogen and oxygen atoms in total. The van der Waals surface area contributed by atoms with Gasteiger partial charge < -0.3 is 18.4 Å². The zero-order valence-electron chi connectivity index (χ0n) is 70.6. The molecule has 0 N–H and O–H groups in total. The predicted molar refractivity (Wildman–Crippen MR) is 523 cm³/mol. The second-order valence-corrected chi connectivity index (χ2v) is 32.7. The van der Waals surface area contributed by atoms with Gasteiger partial charge in [0.25, 0.3) is 0 Å². The summed E-state index contributed by atoms with van der Waals surface area (Å²) in [4.78, 5) is 27.7. The van der Waals surface area contributed by atoms with Crippen molar-refractivity contribution in [3.63, 3.8) is 0 Å².